The Morgan fingerprint density at radius 3 is 2.95 bits per heavy atom. The van der Waals surface area contributed by atoms with Gasteiger partial charge in [0, 0.05) is 12.2 Å². The van der Waals surface area contributed by atoms with Crippen molar-refractivity contribution in [3.63, 3.8) is 0 Å². The lowest BCUT2D eigenvalue weighted by Crippen LogP contribution is -2.11. The maximum absolute atomic E-state index is 10.6. The minimum absolute atomic E-state index is 0.214. The van der Waals surface area contributed by atoms with E-state index in [1.54, 1.807) is 0 Å². The molecule has 2 heterocycles. The van der Waals surface area contributed by atoms with Gasteiger partial charge in [0.05, 0.1) is 0 Å². The summed E-state index contributed by atoms with van der Waals surface area (Å²) in [6, 6.07) is 0. The van der Waals surface area contributed by atoms with Crippen LogP contribution in [0.4, 0.5) is 5.82 Å². The van der Waals surface area contributed by atoms with Crippen molar-refractivity contribution < 1.29 is 19.2 Å². The van der Waals surface area contributed by atoms with Gasteiger partial charge in [-0.1, -0.05) is 6.08 Å². The highest BCUT2D eigenvalue weighted by Crippen LogP contribution is 2.35. The van der Waals surface area contributed by atoms with Crippen LogP contribution in [0.25, 0.3) is 11.2 Å². The van der Waals surface area contributed by atoms with Gasteiger partial charge in [0.2, 0.25) is 5.65 Å². The second kappa shape index (κ2) is 5.35. The monoisotopic (exact) mass is 285 g/mol. The van der Waals surface area contributed by atoms with Crippen LogP contribution < -0.4 is 10.6 Å². The van der Waals surface area contributed by atoms with Gasteiger partial charge in [-0.25, -0.2) is 15.0 Å². The summed E-state index contributed by atoms with van der Waals surface area (Å²) < 4.78 is 11.9. The summed E-state index contributed by atoms with van der Waals surface area (Å²) in [7, 11) is -4.10. The fraction of sp³-hybridized carbons (Fsp3) is 0.222. The van der Waals surface area contributed by atoms with Gasteiger partial charge in [0.15, 0.2) is 11.3 Å². The van der Waals surface area contributed by atoms with E-state index in [2.05, 4.69) is 15.0 Å². The third-order valence-electron chi connectivity index (χ3n) is 2.15. The minimum atomic E-state index is -4.10. The molecule has 102 valence electrons. The Morgan fingerprint density at radius 1 is 1.42 bits per heavy atom. The first-order chi connectivity index (χ1) is 8.97. The van der Waals surface area contributed by atoms with Crippen molar-refractivity contribution in [2.75, 3.05) is 12.3 Å². The first-order valence-electron chi connectivity index (χ1n) is 5.27. The predicted octanol–water partition coefficient (Wildman–Crippen LogP) is -0.0814. The van der Waals surface area contributed by atoms with Gasteiger partial charge >= 0.3 is 7.60 Å². The molecule has 0 aliphatic carbocycles. The molecule has 4 N–H and O–H groups in total. The Hall–Kier alpha value is -1.96. The number of nitrogen functional groups attached to an aromatic ring is 1. The van der Waals surface area contributed by atoms with Crippen LogP contribution in [0.2, 0.25) is 0 Å². The largest absolute Gasteiger partial charge is 0.410 e. The van der Waals surface area contributed by atoms with Crippen LogP contribution >= 0.6 is 7.60 Å². The lowest BCUT2D eigenvalue weighted by Gasteiger charge is -2.04. The second-order valence-electron chi connectivity index (χ2n) is 3.60. The molecule has 0 saturated heterocycles. The van der Waals surface area contributed by atoms with E-state index < -0.39 is 7.60 Å². The number of imidazole rings is 1. The van der Waals surface area contributed by atoms with Crippen molar-refractivity contribution in [2.24, 2.45) is 0 Å². The Labute approximate surface area is 107 Å². The molecule has 2 aromatic rings. The van der Waals surface area contributed by atoms with Crippen molar-refractivity contribution in [3.05, 3.63) is 24.5 Å². The number of aromatic nitrogens is 4. The van der Waals surface area contributed by atoms with Crippen molar-refractivity contribution >= 4 is 24.6 Å². The molecular weight excluding hydrogens is 273 g/mol. The van der Waals surface area contributed by atoms with Gasteiger partial charge in [0.25, 0.3) is 0 Å². The van der Waals surface area contributed by atoms with Gasteiger partial charge < -0.3 is 20.4 Å². The third kappa shape index (κ3) is 3.50. The number of fused-ring (bicyclic) bond motifs is 1. The van der Waals surface area contributed by atoms with E-state index in [1.165, 1.54) is 23.5 Å². The quantitative estimate of drug-likeness (QED) is 0.512. The van der Waals surface area contributed by atoms with Crippen LogP contribution in [0.15, 0.2) is 24.5 Å². The highest BCUT2D eigenvalue weighted by molar-refractivity contribution is 7.55. The van der Waals surface area contributed by atoms with Crippen LogP contribution in [0.5, 0.6) is 0 Å². The fourth-order valence-electron chi connectivity index (χ4n) is 1.36. The molecule has 0 saturated carbocycles. The molecule has 0 aliphatic rings. The highest BCUT2D eigenvalue weighted by atomic mass is 31.2. The lowest BCUT2D eigenvalue weighted by molar-refractivity contribution is 0.121. The average molecular weight is 285 g/mol. The van der Waals surface area contributed by atoms with Gasteiger partial charge in [-0.3, -0.25) is 4.57 Å². The molecule has 0 atom stereocenters. The molecule has 2 rings (SSSR count). The Balaban J connectivity index is 1.98. The zero-order chi connectivity index (χ0) is 13.9. The molecule has 0 unspecified atom stereocenters. The fourth-order valence-corrected chi connectivity index (χ4v) is 1.78. The maximum atomic E-state index is 10.6. The Morgan fingerprint density at radius 2 is 2.21 bits per heavy atom. The highest BCUT2D eigenvalue weighted by Gasteiger charge is 2.08. The maximum Gasteiger partial charge on any atom is 0.348 e. The molecule has 0 amide bonds. The first-order valence-corrected chi connectivity index (χ1v) is 6.95. The average Bonchev–Trinajstić information content (AvgIpc) is 2.72. The lowest BCUT2D eigenvalue weighted by atomic mass is 10.5. The number of anilines is 1. The van der Waals surface area contributed by atoms with Crippen LogP contribution in [0, 0.1) is 0 Å². The molecule has 0 fully saturated rings. The van der Waals surface area contributed by atoms with Gasteiger partial charge in [-0.05, 0) is 0 Å². The van der Waals surface area contributed by atoms with Crippen molar-refractivity contribution in [3.8, 4) is 0 Å². The molecule has 9 nitrogen and oxygen atoms in total. The summed E-state index contributed by atoms with van der Waals surface area (Å²) >= 11 is 0. The minimum Gasteiger partial charge on any atom is -0.410 e. The smallest absolute Gasteiger partial charge is 0.348 e. The van der Waals surface area contributed by atoms with E-state index in [9.17, 15) is 4.57 Å². The van der Waals surface area contributed by atoms with E-state index in [1.807, 2.05) is 0 Å². The van der Waals surface area contributed by atoms with Crippen molar-refractivity contribution in [1.82, 2.24) is 19.7 Å². The molecule has 0 radical (unpaired) electrons. The molecule has 0 spiro atoms. The normalized spacial score (nSPS) is 12.3. The molecule has 19 heavy (non-hydrogen) atoms. The van der Waals surface area contributed by atoms with Crippen LogP contribution in [0.1, 0.15) is 6.42 Å². The number of nitrogens with zero attached hydrogens (tertiary/aromatic N) is 4. The van der Waals surface area contributed by atoms with Gasteiger partial charge in [0.1, 0.15) is 19.3 Å². The molecule has 0 aliphatic heterocycles. The van der Waals surface area contributed by atoms with Gasteiger partial charge in [-0.15, -0.1) is 0 Å². The number of nitrogens with two attached hydrogens (primary N) is 1. The summed E-state index contributed by atoms with van der Waals surface area (Å²) in [6.07, 6.45) is 4.39. The van der Waals surface area contributed by atoms with Crippen molar-refractivity contribution in [2.45, 2.75) is 6.42 Å². The summed E-state index contributed by atoms with van der Waals surface area (Å²) in [5.41, 5.74) is 6.49. The first kappa shape index (κ1) is 13.5. The number of hydrogen-bond donors (Lipinski definition) is 3. The summed E-state index contributed by atoms with van der Waals surface area (Å²) in [6.45, 7) is 0.214. The Bertz CT molecular complexity index is 649. The summed E-state index contributed by atoms with van der Waals surface area (Å²) in [5, 5.41) is 0. The van der Waals surface area contributed by atoms with E-state index in [-0.39, 0.29) is 12.4 Å². The standard InChI is InChI=1S/C9H12N5O4P/c10-8-7-9(12-5-11-8)14(6-13-7)18-3-1-2-4-19(15,16)17/h2,4-6H,1,3H2,(H2,10,11,12)(H2,15,16,17)/b4-2+. The topological polar surface area (TPSA) is 136 Å². The molecular formula is C9H12N5O4P. The Kier molecular flexibility index (Phi) is 3.79. The van der Waals surface area contributed by atoms with E-state index in [4.69, 9.17) is 20.4 Å². The van der Waals surface area contributed by atoms with Crippen LogP contribution in [-0.2, 0) is 4.57 Å². The predicted molar refractivity (Wildman–Crippen MR) is 67.0 cm³/mol. The summed E-state index contributed by atoms with van der Waals surface area (Å²) in [4.78, 5) is 34.3. The zero-order valence-electron chi connectivity index (χ0n) is 9.75. The third-order valence-corrected chi connectivity index (χ3v) is 2.75. The number of hydrogen-bond acceptors (Lipinski definition) is 6. The second-order valence-corrected chi connectivity index (χ2v) is 5.07. The van der Waals surface area contributed by atoms with E-state index in [0.29, 0.717) is 17.6 Å². The molecule has 2 aromatic heterocycles. The summed E-state index contributed by atoms with van der Waals surface area (Å²) in [5.74, 6) is 1.09. The number of rotatable bonds is 5. The molecule has 10 heteroatoms. The molecule has 0 bridgehead atoms. The van der Waals surface area contributed by atoms with Gasteiger partial charge in [-0.2, -0.15) is 4.73 Å². The molecule has 0 aromatic carbocycles. The van der Waals surface area contributed by atoms with Crippen LogP contribution in [-0.4, -0.2) is 36.1 Å². The van der Waals surface area contributed by atoms with E-state index in [0.717, 1.165) is 5.82 Å². The van der Waals surface area contributed by atoms with E-state index >= 15 is 0 Å². The van der Waals surface area contributed by atoms with Crippen molar-refractivity contribution in [1.29, 1.82) is 0 Å². The zero-order valence-corrected chi connectivity index (χ0v) is 10.6. The van der Waals surface area contributed by atoms with Crippen LogP contribution in [0.3, 0.4) is 0 Å². The SMILES string of the molecule is Nc1ncnc2c1ncn2OCC/C=C/P(=O)(O)O.